The van der Waals surface area contributed by atoms with Crippen molar-refractivity contribution >= 4 is 17.3 Å². The molecule has 9 heteroatoms. The van der Waals surface area contributed by atoms with E-state index in [0.717, 1.165) is 56.5 Å². The zero-order valence-corrected chi connectivity index (χ0v) is 22.5. The molecule has 2 aliphatic heterocycles. The van der Waals surface area contributed by atoms with E-state index in [-0.39, 0.29) is 5.91 Å². The fourth-order valence-corrected chi connectivity index (χ4v) is 5.69. The van der Waals surface area contributed by atoms with Crippen molar-refractivity contribution in [2.75, 3.05) is 56.6 Å². The van der Waals surface area contributed by atoms with Crippen LogP contribution in [0.4, 0.5) is 24.5 Å². The lowest BCUT2D eigenvalue weighted by Gasteiger charge is -2.48. The Morgan fingerprint density at radius 3 is 2.39 bits per heavy atom. The van der Waals surface area contributed by atoms with Crippen LogP contribution in [0.15, 0.2) is 48.5 Å². The Hall–Kier alpha value is -2.78. The lowest BCUT2D eigenvalue weighted by atomic mass is 9.86. The molecular weight excluding hydrogens is 493 g/mol. The van der Waals surface area contributed by atoms with Crippen molar-refractivity contribution < 1.29 is 22.7 Å². The number of benzene rings is 2. The topological polar surface area (TPSA) is 48.1 Å². The number of piperazine rings is 1. The minimum absolute atomic E-state index is 0.00459. The number of piperidine rings is 1. The summed E-state index contributed by atoms with van der Waals surface area (Å²) in [5, 5.41) is 2.99. The summed E-state index contributed by atoms with van der Waals surface area (Å²) < 4.78 is 44.7. The van der Waals surface area contributed by atoms with Crippen LogP contribution in [0.2, 0.25) is 0 Å². The SMILES string of the molecule is COc1ccc(NC(=O)CC[C@H]2CN(C(C)C)CC[C@H]2N2CCN(c3cccc(C(F)(F)F)c3)CC2)cc1. The number of halogens is 3. The number of carbonyl (C=O) groups is 1. The minimum Gasteiger partial charge on any atom is -0.497 e. The predicted molar refractivity (Wildman–Crippen MR) is 145 cm³/mol. The van der Waals surface area contributed by atoms with Crippen molar-refractivity contribution in [2.24, 2.45) is 5.92 Å². The molecule has 2 aromatic carbocycles. The van der Waals surface area contributed by atoms with Crippen molar-refractivity contribution in [3.63, 3.8) is 0 Å². The van der Waals surface area contributed by atoms with Crippen LogP contribution < -0.4 is 15.0 Å². The lowest BCUT2D eigenvalue weighted by Crippen LogP contribution is -2.57. The monoisotopic (exact) mass is 532 g/mol. The number of methoxy groups -OCH3 is 1. The number of likely N-dealkylation sites (tertiary alicyclic amines) is 1. The number of nitrogens with zero attached hydrogens (tertiary/aromatic N) is 3. The van der Waals surface area contributed by atoms with Gasteiger partial charge in [-0.15, -0.1) is 0 Å². The van der Waals surface area contributed by atoms with Gasteiger partial charge in [-0.05, 0) is 81.6 Å². The zero-order chi connectivity index (χ0) is 27.3. The summed E-state index contributed by atoms with van der Waals surface area (Å²) >= 11 is 0. The second-order valence-electron chi connectivity index (χ2n) is 10.6. The molecule has 2 aromatic rings. The van der Waals surface area contributed by atoms with Crippen LogP contribution in [0, 0.1) is 5.92 Å². The smallest absolute Gasteiger partial charge is 0.416 e. The van der Waals surface area contributed by atoms with Gasteiger partial charge in [0.25, 0.3) is 0 Å². The summed E-state index contributed by atoms with van der Waals surface area (Å²) in [6.07, 6.45) is -2.06. The van der Waals surface area contributed by atoms with Gasteiger partial charge in [0.05, 0.1) is 12.7 Å². The standard InChI is InChI=1S/C29H39F3N4O2/c1-21(2)36-14-13-27(22(20-36)7-12-28(37)33-24-8-10-26(38-3)11-9-24)35-17-15-34(16-18-35)25-6-4-5-23(19-25)29(30,31)32/h4-6,8-11,19,21-22,27H,7,12-18,20H2,1-3H3,(H,33,37)/t22-,27+/m0/s1. The summed E-state index contributed by atoms with van der Waals surface area (Å²) in [5.74, 6) is 1.10. The van der Waals surface area contributed by atoms with E-state index in [1.807, 2.05) is 29.2 Å². The predicted octanol–water partition coefficient (Wildman–Crippen LogP) is 5.35. The fourth-order valence-electron chi connectivity index (χ4n) is 5.69. The molecule has 0 unspecified atom stereocenters. The molecule has 2 fully saturated rings. The molecule has 0 bridgehead atoms. The van der Waals surface area contributed by atoms with Crippen molar-refractivity contribution in [3.8, 4) is 5.75 Å². The van der Waals surface area contributed by atoms with Crippen molar-refractivity contribution in [1.29, 1.82) is 0 Å². The van der Waals surface area contributed by atoms with Crippen LogP contribution in [-0.2, 0) is 11.0 Å². The number of carbonyl (C=O) groups excluding carboxylic acids is 1. The molecule has 6 nitrogen and oxygen atoms in total. The third-order valence-electron chi connectivity index (χ3n) is 7.89. The molecule has 2 heterocycles. The van der Waals surface area contributed by atoms with Gasteiger partial charge in [-0.2, -0.15) is 13.2 Å². The summed E-state index contributed by atoms with van der Waals surface area (Å²) in [4.78, 5) is 19.8. The van der Waals surface area contributed by atoms with E-state index in [9.17, 15) is 18.0 Å². The summed E-state index contributed by atoms with van der Waals surface area (Å²) in [7, 11) is 1.61. The number of anilines is 2. The lowest BCUT2D eigenvalue weighted by molar-refractivity contribution is -0.137. The quantitative estimate of drug-likeness (QED) is 0.497. The summed E-state index contributed by atoms with van der Waals surface area (Å²) in [5.41, 5.74) is 0.776. The van der Waals surface area contributed by atoms with Gasteiger partial charge >= 0.3 is 6.18 Å². The van der Waals surface area contributed by atoms with Gasteiger partial charge < -0.3 is 19.9 Å². The van der Waals surface area contributed by atoms with E-state index >= 15 is 0 Å². The summed E-state index contributed by atoms with van der Waals surface area (Å²) in [6.45, 7) is 9.38. The zero-order valence-electron chi connectivity index (χ0n) is 22.5. The van der Waals surface area contributed by atoms with E-state index < -0.39 is 11.7 Å². The molecule has 2 atom stereocenters. The molecule has 2 aliphatic rings. The average molecular weight is 533 g/mol. The van der Waals surface area contributed by atoms with Crippen LogP contribution in [0.5, 0.6) is 5.75 Å². The van der Waals surface area contributed by atoms with Crippen LogP contribution in [0.1, 0.15) is 38.7 Å². The summed E-state index contributed by atoms with van der Waals surface area (Å²) in [6, 6.07) is 13.8. The van der Waals surface area contributed by atoms with Crippen LogP contribution in [0.3, 0.4) is 0 Å². The average Bonchev–Trinajstić information content (AvgIpc) is 2.92. The highest BCUT2D eigenvalue weighted by Crippen LogP contribution is 2.33. The van der Waals surface area contributed by atoms with Gasteiger partial charge in [0, 0.05) is 62.6 Å². The molecule has 4 rings (SSSR count). The van der Waals surface area contributed by atoms with Gasteiger partial charge in [0.15, 0.2) is 0 Å². The largest absolute Gasteiger partial charge is 0.497 e. The van der Waals surface area contributed by atoms with E-state index in [2.05, 4.69) is 29.0 Å². The third kappa shape index (κ3) is 7.20. The molecule has 1 N–H and O–H groups in total. The molecule has 0 aliphatic carbocycles. The Kier molecular flexibility index (Phi) is 9.20. The third-order valence-corrected chi connectivity index (χ3v) is 7.89. The Balaban J connectivity index is 1.35. The second-order valence-corrected chi connectivity index (χ2v) is 10.6. The van der Waals surface area contributed by atoms with Crippen molar-refractivity contribution in [1.82, 2.24) is 9.80 Å². The van der Waals surface area contributed by atoms with E-state index in [4.69, 9.17) is 4.74 Å². The minimum atomic E-state index is -4.34. The van der Waals surface area contributed by atoms with Crippen LogP contribution in [0.25, 0.3) is 0 Å². The maximum atomic E-state index is 13.2. The number of alkyl halides is 3. The Labute approximate surface area is 223 Å². The number of hydrogen-bond donors (Lipinski definition) is 1. The molecular formula is C29H39F3N4O2. The first-order chi connectivity index (χ1) is 18.1. The first-order valence-corrected chi connectivity index (χ1v) is 13.5. The molecule has 0 saturated carbocycles. The van der Waals surface area contributed by atoms with Gasteiger partial charge in [0.2, 0.25) is 5.91 Å². The maximum Gasteiger partial charge on any atom is 0.416 e. The number of ether oxygens (including phenoxy) is 1. The number of nitrogens with one attached hydrogen (secondary N) is 1. The molecule has 0 aromatic heterocycles. The van der Waals surface area contributed by atoms with Gasteiger partial charge in [0.1, 0.15) is 5.75 Å². The second kappa shape index (κ2) is 12.4. The van der Waals surface area contributed by atoms with Crippen LogP contribution >= 0.6 is 0 Å². The first kappa shape index (κ1) is 28.2. The van der Waals surface area contributed by atoms with Gasteiger partial charge in [-0.3, -0.25) is 9.69 Å². The van der Waals surface area contributed by atoms with Gasteiger partial charge in [-0.1, -0.05) is 6.07 Å². The fraction of sp³-hybridized carbons (Fsp3) is 0.552. The first-order valence-electron chi connectivity index (χ1n) is 13.5. The van der Waals surface area contributed by atoms with E-state index in [0.29, 0.717) is 43.2 Å². The van der Waals surface area contributed by atoms with Crippen molar-refractivity contribution in [2.45, 2.75) is 51.4 Å². The normalized spacial score (nSPS) is 21.5. The number of rotatable bonds is 8. The van der Waals surface area contributed by atoms with E-state index in [1.54, 1.807) is 13.2 Å². The molecule has 38 heavy (non-hydrogen) atoms. The Morgan fingerprint density at radius 1 is 1.05 bits per heavy atom. The van der Waals surface area contributed by atoms with Crippen LogP contribution in [-0.4, -0.2) is 74.2 Å². The molecule has 1 amide bonds. The maximum absolute atomic E-state index is 13.2. The molecule has 0 radical (unpaired) electrons. The highest BCUT2D eigenvalue weighted by Gasteiger charge is 2.36. The number of amides is 1. The van der Waals surface area contributed by atoms with E-state index in [1.165, 1.54) is 12.1 Å². The molecule has 0 spiro atoms. The van der Waals surface area contributed by atoms with Gasteiger partial charge in [-0.25, -0.2) is 0 Å². The van der Waals surface area contributed by atoms with Crippen molar-refractivity contribution in [3.05, 3.63) is 54.1 Å². The highest BCUT2D eigenvalue weighted by molar-refractivity contribution is 5.90. The Morgan fingerprint density at radius 2 is 1.76 bits per heavy atom. The molecule has 208 valence electrons. The molecule has 2 saturated heterocycles. The number of hydrogen-bond acceptors (Lipinski definition) is 5. The Bertz CT molecular complexity index is 1050. The highest BCUT2D eigenvalue weighted by atomic mass is 19.4.